The Morgan fingerprint density at radius 3 is 0.857 bits per heavy atom. The van der Waals surface area contributed by atoms with Gasteiger partial charge in [0.15, 0.2) is 0 Å². The fourth-order valence-electron chi connectivity index (χ4n) is 2.69. The van der Waals surface area contributed by atoms with E-state index in [4.69, 9.17) is 0 Å². The van der Waals surface area contributed by atoms with Crippen LogP contribution in [-0.2, 0) is 0 Å². The molecule has 0 radical (unpaired) electrons. The average Bonchev–Trinajstić information content (AvgIpc) is 2.69. The standard InChI is InChI=1S/C21H15O6P/c22-19(23)13-1-7-16(8-2-13)28(17-9-3-14(4-10-17)20(24)25)18-11-5-15(6-12-18)21(26)27/h1-12H,(H,22,23)(H,24,25)(H,26,27)/p-3. The molecule has 0 spiro atoms. The Labute approximate surface area is 161 Å². The maximum Gasteiger partial charge on any atom is 0.0715 e. The molecule has 28 heavy (non-hydrogen) atoms. The third kappa shape index (κ3) is 4.08. The summed E-state index contributed by atoms with van der Waals surface area (Å²) in [7, 11) is -1.18. The molecule has 0 aliphatic carbocycles. The number of carboxylic acids is 3. The lowest BCUT2D eigenvalue weighted by Gasteiger charge is -2.20. The van der Waals surface area contributed by atoms with Crippen LogP contribution in [0.1, 0.15) is 31.1 Å². The van der Waals surface area contributed by atoms with Crippen molar-refractivity contribution in [3.8, 4) is 0 Å². The predicted octanol–water partition coefficient (Wildman–Crippen LogP) is -1.46. The lowest BCUT2D eigenvalue weighted by atomic mass is 10.2. The molecule has 0 fully saturated rings. The Kier molecular flexibility index (Phi) is 5.52. The minimum absolute atomic E-state index is 0.0401. The molecular weight excluding hydrogens is 379 g/mol. The minimum atomic E-state index is -1.28. The van der Waals surface area contributed by atoms with E-state index in [0.29, 0.717) is 0 Å². The van der Waals surface area contributed by atoms with Gasteiger partial charge < -0.3 is 29.7 Å². The van der Waals surface area contributed by atoms with Crippen molar-refractivity contribution in [1.82, 2.24) is 0 Å². The predicted molar refractivity (Wildman–Crippen MR) is 98.1 cm³/mol. The minimum Gasteiger partial charge on any atom is -0.545 e. The smallest absolute Gasteiger partial charge is 0.0715 e. The van der Waals surface area contributed by atoms with Gasteiger partial charge in [0, 0.05) is 0 Å². The molecule has 3 aromatic rings. The molecular formula is C21H12O6P-3. The van der Waals surface area contributed by atoms with Crippen LogP contribution in [-0.4, -0.2) is 17.9 Å². The van der Waals surface area contributed by atoms with Gasteiger partial charge >= 0.3 is 0 Å². The van der Waals surface area contributed by atoms with Crippen molar-refractivity contribution in [2.75, 3.05) is 0 Å². The second-order valence-corrected chi connectivity index (χ2v) is 8.06. The van der Waals surface area contributed by atoms with Crippen molar-refractivity contribution in [3.63, 3.8) is 0 Å². The summed E-state index contributed by atoms with van der Waals surface area (Å²) in [4.78, 5) is 33.0. The molecule has 3 rings (SSSR count). The van der Waals surface area contributed by atoms with Gasteiger partial charge in [-0.2, -0.15) is 0 Å². The van der Waals surface area contributed by atoms with Crippen molar-refractivity contribution in [3.05, 3.63) is 89.5 Å². The first-order valence-electron chi connectivity index (χ1n) is 8.11. The van der Waals surface area contributed by atoms with Gasteiger partial charge in [0.05, 0.1) is 17.9 Å². The highest BCUT2D eigenvalue weighted by Gasteiger charge is 2.17. The first kappa shape index (κ1) is 19.3. The number of hydrogen-bond acceptors (Lipinski definition) is 6. The number of hydrogen-bond donors (Lipinski definition) is 0. The van der Waals surface area contributed by atoms with Crippen LogP contribution in [0.3, 0.4) is 0 Å². The van der Waals surface area contributed by atoms with E-state index in [-0.39, 0.29) is 16.7 Å². The van der Waals surface area contributed by atoms with Crippen LogP contribution in [0, 0.1) is 0 Å². The third-order valence-electron chi connectivity index (χ3n) is 4.08. The van der Waals surface area contributed by atoms with E-state index >= 15 is 0 Å². The van der Waals surface area contributed by atoms with Crippen LogP contribution in [0.5, 0.6) is 0 Å². The van der Waals surface area contributed by atoms with Gasteiger partial charge in [0.2, 0.25) is 0 Å². The van der Waals surface area contributed by atoms with Gasteiger partial charge in [0.25, 0.3) is 0 Å². The molecule has 0 saturated carbocycles. The van der Waals surface area contributed by atoms with Crippen LogP contribution in [0.2, 0.25) is 0 Å². The second-order valence-electron chi connectivity index (χ2n) is 5.84. The Morgan fingerprint density at radius 2 is 0.679 bits per heavy atom. The Balaban J connectivity index is 2.08. The fraction of sp³-hybridized carbons (Fsp3) is 0. The molecule has 0 bridgehead atoms. The van der Waals surface area contributed by atoms with Crippen molar-refractivity contribution < 1.29 is 29.7 Å². The Hall–Kier alpha value is -3.50. The monoisotopic (exact) mass is 391 g/mol. The van der Waals surface area contributed by atoms with Gasteiger partial charge in [-0.05, 0) is 40.5 Å². The van der Waals surface area contributed by atoms with Crippen LogP contribution < -0.4 is 31.2 Å². The molecule has 7 heteroatoms. The summed E-state index contributed by atoms with van der Waals surface area (Å²) in [5.74, 6) is -3.85. The summed E-state index contributed by atoms with van der Waals surface area (Å²) < 4.78 is 0. The normalized spacial score (nSPS) is 10.6. The molecule has 140 valence electrons. The van der Waals surface area contributed by atoms with Crippen LogP contribution in [0.15, 0.2) is 72.8 Å². The molecule has 0 amide bonds. The number of carbonyl (C=O) groups excluding carboxylic acids is 3. The van der Waals surface area contributed by atoms with Crippen LogP contribution in [0.4, 0.5) is 0 Å². The average molecular weight is 391 g/mol. The first-order valence-corrected chi connectivity index (χ1v) is 9.45. The van der Waals surface area contributed by atoms with Crippen molar-refractivity contribution in [1.29, 1.82) is 0 Å². The third-order valence-corrected chi connectivity index (χ3v) is 6.53. The van der Waals surface area contributed by atoms with Crippen molar-refractivity contribution >= 4 is 41.7 Å². The zero-order chi connectivity index (χ0) is 20.3. The molecule has 0 aliphatic heterocycles. The SMILES string of the molecule is O=C([O-])c1ccc(P(c2ccc(C(=O)[O-])cc2)c2ccc(C(=O)[O-])cc2)cc1. The highest BCUT2D eigenvalue weighted by molar-refractivity contribution is 7.79. The van der Waals surface area contributed by atoms with Crippen molar-refractivity contribution in [2.24, 2.45) is 0 Å². The van der Waals surface area contributed by atoms with E-state index in [2.05, 4.69) is 0 Å². The molecule has 3 aromatic carbocycles. The topological polar surface area (TPSA) is 120 Å². The molecule has 0 heterocycles. The maximum absolute atomic E-state index is 11.0. The zero-order valence-electron chi connectivity index (χ0n) is 14.3. The molecule has 0 N–H and O–H groups in total. The highest BCUT2D eigenvalue weighted by atomic mass is 31.1. The lowest BCUT2D eigenvalue weighted by molar-refractivity contribution is -0.256. The van der Waals surface area contributed by atoms with E-state index in [0.717, 1.165) is 15.9 Å². The summed E-state index contributed by atoms with van der Waals surface area (Å²) >= 11 is 0. The summed E-state index contributed by atoms with van der Waals surface area (Å²) in [6.07, 6.45) is 0. The number of rotatable bonds is 6. The van der Waals surface area contributed by atoms with Crippen LogP contribution in [0.25, 0.3) is 0 Å². The number of aromatic carboxylic acids is 3. The maximum atomic E-state index is 11.0. The van der Waals surface area contributed by atoms with Gasteiger partial charge in [0.1, 0.15) is 0 Å². The summed E-state index contributed by atoms with van der Waals surface area (Å²) in [6.45, 7) is 0. The summed E-state index contributed by atoms with van der Waals surface area (Å²) in [5, 5.41) is 35.4. The first-order chi connectivity index (χ1) is 13.4. The number of benzene rings is 3. The number of carboxylic acid groups (broad SMARTS) is 3. The largest absolute Gasteiger partial charge is 0.545 e. The van der Waals surface area contributed by atoms with Crippen LogP contribution >= 0.6 is 7.92 Å². The lowest BCUT2D eigenvalue weighted by Crippen LogP contribution is -2.26. The summed E-state index contributed by atoms with van der Waals surface area (Å²) in [5.41, 5.74) is 0.120. The zero-order valence-corrected chi connectivity index (χ0v) is 15.2. The van der Waals surface area contributed by atoms with E-state index in [9.17, 15) is 29.7 Å². The molecule has 0 atom stereocenters. The Morgan fingerprint density at radius 1 is 0.464 bits per heavy atom. The number of carbonyl (C=O) groups is 3. The Bertz CT molecular complexity index is 887. The van der Waals surface area contributed by atoms with Gasteiger partial charge in [-0.25, -0.2) is 0 Å². The fourth-order valence-corrected chi connectivity index (χ4v) is 4.92. The van der Waals surface area contributed by atoms with E-state index < -0.39 is 25.8 Å². The van der Waals surface area contributed by atoms with E-state index in [1.54, 1.807) is 36.4 Å². The summed E-state index contributed by atoms with van der Waals surface area (Å²) in [6, 6.07) is 18.6. The van der Waals surface area contributed by atoms with E-state index in [1.165, 1.54) is 36.4 Å². The van der Waals surface area contributed by atoms with Gasteiger partial charge in [-0.15, -0.1) is 0 Å². The van der Waals surface area contributed by atoms with Crippen molar-refractivity contribution in [2.45, 2.75) is 0 Å². The van der Waals surface area contributed by atoms with E-state index in [1.807, 2.05) is 0 Å². The van der Waals surface area contributed by atoms with Gasteiger partial charge in [-0.3, -0.25) is 0 Å². The molecule has 6 nitrogen and oxygen atoms in total. The second kappa shape index (κ2) is 8.03. The highest BCUT2D eigenvalue weighted by Crippen LogP contribution is 2.33. The quantitative estimate of drug-likeness (QED) is 0.474. The van der Waals surface area contributed by atoms with Gasteiger partial charge in [-0.1, -0.05) is 72.8 Å². The molecule has 0 aliphatic rings. The molecule has 0 aromatic heterocycles. The molecule has 0 saturated heterocycles. The molecule has 0 unspecified atom stereocenters.